The smallest absolute Gasteiger partial charge is 0.254 e. The summed E-state index contributed by atoms with van der Waals surface area (Å²) in [5.41, 5.74) is 0.671. The monoisotopic (exact) mass is 263 g/mol. The Morgan fingerprint density at radius 3 is 2.67 bits per heavy atom. The molecule has 18 heavy (non-hydrogen) atoms. The fraction of sp³-hybridized carbons (Fsp3) is 0.429. The second-order valence-electron chi connectivity index (χ2n) is 4.33. The molecule has 1 aliphatic heterocycles. The number of carbonyl (C=O) groups excluding carboxylic acids is 2. The Morgan fingerprint density at radius 1 is 1.33 bits per heavy atom. The van der Waals surface area contributed by atoms with Gasteiger partial charge in [-0.1, -0.05) is 6.92 Å². The first-order valence-corrected chi connectivity index (χ1v) is 7.23. The molecule has 2 rings (SSSR count). The SMILES string of the molecule is CCSc1ccc(C(=O)N2CCCC(=O)C2)cc1. The molecule has 0 aromatic heterocycles. The molecule has 0 bridgehead atoms. The molecule has 1 amide bonds. The predicted molar refractivity (Wildman–Crippen MR) is 73.0 cm³/mol. The first-order valence-electron chi connectivity index (χ1n) is 6.24. The minimum absolute atomic E-state index is 0.0314. The average molecular weight is 263 g/mol. The van der Waals surface area contributed by atoms with Gasteiger partial charge in [-0.2, -0.15) is 0 Å². The third-order valence-corrected chi connectivity index (χ3v) is 3.84. The Labute approximate surface area is 112 Å². The summed E-state index contributed by atoms with van der Waals surface area (Å²) in [5, 5.41) is 0. The van der Waals surface area contributed by atoms with E-state index in [2.05, 4.69) is 6.92 Å². The molecule has 96 valence electrons. The third kappa shape index (κ3) is 3.13. The summed E-state index contributed by atoms with van der Waals surface area (Å²) in [6, 6.07) is 7.62. The molecule has 1 aromatic rings. The second-order valence-corrected chi connectivity index (χ2v) is 5.66. The summed E-state index contributed by atoms with van der Waals surface area (Å²) in [7, 11) is 0. The molecule has 1 aromatic carbocycles. The van der Waals surface area contributed by atoms with Crippen LogP contribution in [-0.4, -0.2) is 35.4 Å². The summed E-state index contributed by atoms with van der Waals surface area (Å²) < 4.78 is 0. The fourth-order valence-electron chi connectivity index (χ4n) is 2.05. The highest BCUT2D eigenvalue weighted by atomic mass is 32.2. The van der Waals surface area contributed by atoms with E-state index >= 15 is 0 Å². The number of thioether (sulfide) groups is 1. The highest BCUT2D eigenvalue weighted by molar-refractivity contribution is 7.99. The number of piperidine rings is 1. The van der Waals surface area contributed by atoms with Crippen LogP contribution in [-0.2, 0) is 4.79 Å². The van der Waals surface area contributed by atoms with Crippen molar-refractivity contribution in [2.45, 2.75) is 24.7 Å². The van der Waals surface area contributed by atoms with Crippen molar-refractivity contribution in [2.24, 2.45) is 0 Å². The van der Waals surface area contributed by atoms with Gasteiger partial charge in [-0.3, -0.25) is 9.59 Å². The van der Waals surface area contributed by atoms with E-state index in [1.165, 1.54) is 4.90 Å². The summed E-state index contributed by atoms with van der Waals surface area (Å²) >= 11 is 1.75. The van der Waals surface area contributed by atoms with Gasteiger partial charge in [0, 0.05) is 23.4 Å². The van der Waals surface area contributed by atoms with E-state index in [4.69, 9.17) is 0 Å². The molecule has 0 N–H and O–H groups in total. The van der Waals surface area contributed by atoms with Gasteiger partial charge in [0.2, 0.25) is 0 Å². The van der Waals surface area contributed by atoms with E-state index in [1.807, 2.05) is 24.3 Å². The quantitative estimate of drug-likeness (QED) is 0.787. The van der Waals surface area contributed by atoms with Crippen molar-refractivity contribution >= 4 is 23.5 Å². The minimum Gasteiger partial charge on any atom is -0.331 e. The molecule has 3 nitrogen and oxygen atoms in total. The van der Waals surface area contributed by atoms with E-state index in [-0.39, 0.29) is 18.2 Å². The number of hydrogen-bond donors (Lipinski definition) is 0. The van der Waals surface area contributed by atoms with E-state index in [9.17, 15) is 9.59 Å². The maximum absolute atomic E-state index is 12.2. The van der Waals surface area contributed by atoms with Crippen LogP contribution >= 0.6 is 11.8 Å². The van der Waals surface area contributed by atoms with Crippen LogP contribution in [0, 0.1) is 0 Å². The van der Waals surface area contributed by atoms with E-state index < -0.39 is 0 Å². The van der Waals surface area contributed by atoms with E-state index in [0.29, 0.717) is 18.5 Å². The van der Waals surface area contributed by atoms with Crippen LogP contribution in [0.1, 0.15) is 30.1 Å². The highest BCUT2D eigenvalue weighted by Gasteiger charge is 2.22. The predicted octanol–water partition coefficient (Wildman–Crippen LogP) is 2.60. The summed E-state index contributed by atoms with van der Waals surface area (Å²) in [6.07, 6.45) is 1.39. The molecule has 1 aliphatic rings. The van der Waals surface area contributed by atoms with Crippen LogP contribution in [0.4, 0.5) is 0 Å². The summed E-state index contributed by atoms with van der Waals surface area (Å²) in [6.45, 7) is 3.06. The van der Waals surface area contributed by atoms with Crippen molar-refractivity contribution in [3.8, 4) is 0 Å². The number of ketones is 1. The lowest BCUT2D eigenvalue weighted by atomic mass is 10.1. The highest BCUT2D eigenvalue weighted by Crippen LogP contribution is 2.19. The fourth-order valence-corrected chi connectivity index (χ4v) is 2.72. The van der Waals surface area contributed by atoms with Crippen molar-refractivity contribution in [3.63, 3.8) is 0 Å². The van der Waals surface area contributed by atoms with Gasteiger partial charge in [-0.05, 0) is 36.4 Å². The van der Waals surface area contributed by atoms with Gasteiger partial charge >= 0.3 is 0 Å². The van der Waals surface area contributed by atoms with Crippen LogP contribution in [0.2, 0.25) is 0 Å². The lowest BCUT2D eigenvalue weighted by molar-refractivity contribution is -0.121. The van der Waals surface area contributed by atoms with Gasteiger partial charge in [0.05, 0.1) is 6.54 Å². The largest absolute Gasteiger partial charge is 0.331 e. The van der Waals surface area contributed by atoms with Crippen molar-refractivity contribution in [1.29, 1.82) is 0 Å². The molecule has 0 unspecified atom stereocenters. The second kappa shape index (κ2) is 6.05. The van der Waals surface area contributed by atoms with Crippen molar-refractivity contribution < 1.29 is 9.59 Å². The van der Waals surface area contributed by atoms with Crippen LogP contribution < -0.4 is 0 Å². The number of carbonyl (C=O) groups is 2. The topological polar surface area (TPSA) is 37.4 Å². The molecule has 0 radical (unpaired) electrons. The standard InChI is InChI=1S/C14H17NO2S/c1-2-18-13-7-5-11(6-8-13)14(17)15-9-3-4-12(16)10-15/h5-8H,2-4,9-10H2,1H3. The molecular weight excluding hydrogens is 246 g/mol. The number of nitrogens with zero attached hydrogens (tertiary/aromatic N) is 1. The van der Waals surface area contributed by atoms with Crippen LogP contribution in [0.3, 0.4) is 0 Å². The lowest BCUT2D eigenvalue weighted by Crippen LogP contribution is -2.40. The zero-order valence-electron chi connectivity index (χ0n) is 10.5. The van der Waals surface area contributed by atoms with Gasteiger partial charge in [0.1, 0.15) is 0 Å². The molecule has 0 saturated carbocycles. The Morgan fingerprint density at radius 2 is 2.06 bits per heavy atom. The molecule has 0 atom stereocenters. The number of likely N-dealkylation sites (tertiary alicyclic amines) is 1. The Balaban J connectivity index is 2.06. The molecule has 4 heteroatoms. The molecule has 0 spiro atoms. The maximum Gasteiger partial charge on any atom is 0.254 e. The number of rotatable bonds is 3. The molecule has 1 heterocycles. The molecule has 1 saturated heterocycles. The average Bonchev–Trinajstić information content (AvgIpc) is 2.39. The lowest BCUT2D eigenvalue weighted by Gasteiger charge is -2.25. The number of benzene rings is 1. The number of hydrogen-bond acceptors (Lipinski definition) is 3. The zero-order valence-corrected chi connectivity index (χ0v) is 11.3. The first-order chi connectivity index (χ1) is 8.70. The summed E-state index contributed by atoms with van der Waals surface area (Å²) in [4.78, 5) is 26.3. The van der Waals surface area contributed by atoms with Crippen molar-refractivity contribution in [2.75, 3.05) is 18.8 Å². The number of amides is 1. The Kier molecular flexibility index (Phi) is 4.42. The molecule has 0 aliphatic carbocycles. The molecular formula is C14H17NO2S. The first kappa shape index (κ1) is 13.1. The van der Waals surface area contributed by atoms with Gasteiger partial charge in [-0.25, -0.2) is 0 Å². The summed E-state index contributed by atoms with van der Waals surface area (Å²) in [5.74, 6) is 1.15. The Hall–Kier alpha value is -1.29. The Bertz CT molecular complexity index is 442. The van der Waals surface area contributed by atoms with Crippen LogP contribution in [0.15, 0.2) is 29.2 Å². The van der Waals surface area contributed by atoms with Gasteiger partial charge in [0.25, 0.3) is 5.91 Å². The molecule has 1 fully saturated rings. The van der Waals surface area contributed by atoms with Gasteiger partial charge in [-0.15, -0.1) is 11.8 Å². The third-order valence-electron chi connectivity index (χ3n) is 2.95. The number of Topliss-reactive ketones (excluding diaryl/α,β-unsaturated/α-hetero) is 1. The van der Waals surface area contributed by atoms with Crippen LogP contribution in [0.25, 0.3) is 0 Å². The zero-order chi connectivity index (χ0) is 13.0. The van der Waals surface area contributed by atoms with Gasteiger partial charge < -0.3 is 4.90 Å². The maximum atomic E-state index is 12.2. The van der Waals surface area contributed by atoms with E-state index in [0.717, 1.165) is 12.2 Å². The van der Waals surface area contributed by atoms with Gasteiger partial charge in [0.15, 0.2) is 5.78 Å². The van der Waals surface area contributed by atoms with Crippen LogP contribution in [0.5, 0.6) is 0 Å². The minimum atomic E-state index is -0.0314. The van der Waals surface area contributed by atoms with Crippen molar-refractivity contribution in [3.05, 3.63) is 29.8 Å². The normalized spacial score (nSPS) is 15.8. The van der Waals surface area contributed by atoms with Crippen molar-refractivity contribution in [1.82, 2.24) is 4.90 Å². The van der Waals surface area contributed by atoms with E-state index in [1.54, 1.807) is 16.7 Å².